The van der Waals surface area contributed by atoms with E-state index in [0.29, 0.717) is 24.4 Å². The molecule has 0 aliphatic carbocycles. The number of para-hydroxylation sites is 1. The molecule has 7 nitrogen and oxygen atoms in total. The lowest BCUT2D eigenvalue weighted by Gasteiger charge is -2.12. The molecule has 2 N–H and O–H groups in total. The molecular weight excluding hydrogens is 367 g/mol. The fourth-order valence-corrected chi connectivity index (χ4v) is 2.56. The molecule has 3 rings (SSSR count). The maximum atomic E-state index is 12.3. The van der Waals surface area contributed by atoms with Gasteiger partial charge in [-0.15, -0.1) is 12.4 Å². The summed E-state index contributed by atoms with van der Waals surface area (Å²) in [5.74, 6) is 0.0960. The summed E-state index contributed by atoms with van der Waals surface area (Å²) in [5, 5.41) is 3.25. The Hall–Kier alpha value is -2.35. The van der Waals surface area contributed by atoms with Crippen molar-refractivity contribution in [3.63, 3.8) is 0 Å². The van der Waals surface area contributed by atoms with Crippen LogP contribution >= 0.6 is 24.0 Å². The second kappa shape index (κ2) is 8.15. The molecule has 0 bridgehead atoms. The van der Waals surface area contributed by atoms with Crippen LogP contribution in [0.5, 0.6) is 5.88 Å². The minimum absolute atomic E-state index is 0. The Balaban J connectivity index is 0.00000225. The number of aromatic amines is 1. The molecule has 2 heterocycles. The molecule has 0 amide bonds. The van der Waals surface area contributed by atoms with Gasteiger partial charge in [0, 0.05) is 12.6 Å². The van der Waals surface area contributed by atoms with Crippen LogP contribution in [-0.2, 0) is 0 Å². The summed E-state index contributed by atoms with van der Waals surface area (Å²) in [4.78, 5) is 31.0. The number of rotatable bonds is 5. The summed E-state index contributed by atoms with van der Waals surface area (Å²) in [6.07, 6.45) is 0. The van der Waals surface area contributed by atoms with Gasteiger partial charge in [-0.05, 0) is 19.2 Å². The van der Waals surface area contributed by atoms with E-state index in [9.17, 15) is 9.59 Å². The molecule has 0 saturated heterocycles. The van der Waals surface area contributed by atoms with Crippen LogP contribution in [-0.4, -0.2) is 34.7 Å². The highest BCUT2D eigenvalue weighted by atomic mass is 35.5. The lowest BCUT2D eigenvalue weighted by atomic mass is 10.2. The molecule has 0 aliphatic heterocycles. The van der Waals surface area contributed by atoms with Gasteiger partial charge in [0.2, 0.25) is 5.88 Å². The second-order valence-corrected chi connectivity index (χ2v) is 5.41. The predicted molar refractivity (Wildman–Crippen MR) is 99.6 cm³/mol. The molecule has 0 saturated carbocycles. The van der Waals surface area contributed by atoms with Gasteiger partial charge in [0.25, 0.3) is 5.56 Å². The Labute approximate surface area is 154 Å². The first kappa shape index (κ1) is 19.0. The third kappa shape index (κ3) is 3.84. The summed E-state index contributed by atoms with van der Waals surface area (Å²) in [7, 11) is 1.78. The summed E-state index contributed by atoms with van der Waals surface area (Å²) in [6.45, 7) is 0.884. The van der Waals surface area contributed by atoms with Gasteiger partial charge in [0.15, 0.2) is 0 Å². The third-order valence-electron chi connectivity index (χ3n) is 3.43. The van der Waals surface area contributed by atoms with Crippen LogP contribution in [0.3, 0.4) is 0 Å². The van der Waals surface area contributed by atoms with Crippen LogP contribution in [0.25, 0.3) is 16.6 Å². The van der Waals surface area contributed by atoms with E-state index in [2.05, 4.69) is 15.3 Å². The molecule has 0 fully saturated rings. The fraction of sp³-hybridized carbons (Fsp3) is 0.188. The number of hydrogen-bond donors (Lipinski definition) is 2. The highest BCUT2D eigenvalue weighted by Crippen LogP contribution is 2.24. The number of fused-ring (bicyclic) bond motifs is 1. The minimum Gasteiger partial charge on any atom is -0.476 e. The van der Waals surface area contributed by atoms with Gasteiger partial charge in [-0.3, -0.25) is 14.3 Å². The van der Waals surface area contributed by atoms with Crippen LogP contribution in [0.4, 0.5) is 0 Å². The van der Waals surface area contributed by atoms with Crippen molar-refractivity contribution in [1.82, 2.24) is 19.9 Å². The number of nitrogens with zero attached hydrogens (tertiary/aromatic N) is 2. The lowest BCUT2D eigenvalue weighted by Crippen LogP contribution is -2.30. The first-order chi connectivity index (χ1) is 11.6. The summed E-state index contributed by atoms with van der Waals surface area (Å²) in [6, 6.07) is 10.4. The number of H-pyrrole nitrogens is 1. The van der Waals surface area contributed by atoms with E-state index < -0.39 is 11.2 Å². The Morgan fingerprint density at radius 2 is 2.00 bits per heavy atom. The predicted octanol–water partition coefficient (Wildman–Crippen LogP) is 1.75. The topological polar surface area (TPSA) is 89.0 Å². The number of pyridine rings is 1. The number of ether oxygens (including phenoxy) is 1. The number of halogens is 2. The summed E-state index contributed by atoms with van der Waals surface area (Å²) < 4.78 is 6.93. The van der Waals surface area contributed by atoms with E-state index in [1.807, 2.05) is 6.07 Å². The van der Waals surface area contributed by atoms with Crippen LogP contribution < -0.4 is 21.3 Å². The normalized spacial score (nSPS) is 10.5. The molecule has 9 heteroatoms. The summed E-state index contributed by atoms with van der Waals surface area (Å²) >= 11 is 6.07. The number of likely N-dealkylation sites (N-methyl/N-ethyl adjacent to an activating group) is 1. The Morgan fingerprint density at radius 1 is 1.28 bits per heavy atom. The van der Waals surface area contributed by atoms with Gasteiger partial charge in [0.1, 0.15) is 17.1 Å². The average molecular weight is 383 g/mol. The molecule has 0 spiro atoms. The zero-order chi connectivity index (χ0) is 17.1. The Bertz CT molecular complexity index is 986. The number of benzene rings is 1. The van der Waals surface area contributed by atoms with Crippen molar-refractivity contribution in [2.24, 2.45) is 0 Å². The van der Waals surface area contributed by atoms with Crippen LogP contribution in [0.15, 0.2) is 46.0 Å². The monoisotopic (exact) mass is 382 g/mol. The molecule has 0 unspecified atom stereocenters. The molecule has 0 aliphatic rings. The van der Waals surface area contributed by atoms with E-state index >= 15 is 0 Å². The van der Waals surface area contributed by atoms with Crippen molar-refractivity contribution in [3.05, 3.63) is 62.4 Å². The fourth-order valence-electron chi connectivity index (χ4n) is 2.38. The van der Waals surface area contributed by atoms with Crippen molar-refractivity contribution in [2.45, 2.75) is 0 Å². The highest BCUT2D eigenvalue weighted by molar-refractivity contribution is 6.30. The average Bonchev–Trinajstić information content (AvgIpc) is 2.55. The van der Waals surface area contributed by atoms with Gasteiger partial charge in [-0.2, -0.15) is 0 Å². The number of aromatic nitrogens is 3. The van der Waals surface area contributed by atoms with Crippen molar-refractivity contribution >= 4 is 34.9 Å². The van der Waals surface area contributed by atoms with Gasteiger partial charge in [0.05, 0.1) is 11.2 Å². The molecule has 1 aromatic carbocycles. The first-order valence-electron chi connectivity index (χ1n) is 7.30. The van der Waals surface area contributed by atoms with E-state index in [4.69, 9.17) is 16.3 Å². The standard InChI is InChI=1S/C16H15ClN4O3.ClH/c1-18-7-8-24-15-13-11(9-12(17)19-15)21(16(23)20-14(13)22)10-5-3-2-4-6-10;/h2-6,9,18H,7-8H2,1H3,(H,20,22,23);1H. The van der Waals surface area contributed by atoms with Crippen molar-refractivity contribution in [2.75, 3.05) is 20.2 Å². The Morgan fingerprint density at radius 3 is 2.68 bits per heavy atom. The SMILES string of the molecule is CNCCOc1nc(Cl)cc2c1c(=O)[nH]c(=O)n2-c1ccccc1.Cl. The third-order valence-corrected chi connectivity index (χ3v) is 3.62. The van der Waals surface area contributed by atoms with E-state index in [-0.39, 0.29) is 28.8 Å². The molecule has 2 aromatic heterocycles. The molecule has 25 heavy (non-hydrogen) atoms. The van der Waals surface area contributed by atoms with E-state index in [0.717, 1.165) is 0 Å². The second-order valence-electron chi connectivity index (χ2n) is 5.03. The molecule has 132 valence electrons. The van der Waals surface area contributed by atoms with Crippen molar-refractivity contribution in [3.8, 4) is 11.6 Å². The molecular formula is C16H16Cl2N4O3. The quantitative estimate of drug-likeness (QED) is 0.518. The van der Waals surface area contributed by atoms with E-state index in [1.54, 1.807) is 31.3 Å². The highest BCUT2D eigenvalue weighted by Gasteiger charge is 2.16. The molecule has 0 atom stereocenters. The molecule has 0 radical (unpaired) electrons. The van der Waals surface area contributed by atoms with Gasteiger partial charge < -0.3 is 10.1 Å². The van der Waals surface area contributed by atoms with Crippen LogP contribution in [0.1, 0.15) is 0 Å². The molecule has 3 aromatic rings. The number of hydrogen-bond acceptors (Lipinski definition) is 5. The Kier molecular flexibility index (Phi) is 6.19. The van der Waals surface area contributed by atoms with Gasteiger partial charge >= 0.3 is 5.69 Å². The minimum atomic E-state index is -0.564. The van der Waals surface area contributed by atoms with Crippen molar-refractivity contribution < 1.29 is 4.74 Å². The van der Waals surface area contributed by atoms with Crippen LogP contribution in [0.2, 0.25) is 5.15 Å². The van der Waals surface area contributed by atoms with Crippen molar-refractivity contribution in [1.29, 1.82) is 0 Å². The maximum absolute atomic E-state index is 12.3. The summed E-state index contributed by atoms with van der Waals surface area (Å²) in [5.41, 5.74) is -0.172. The maximum Gasteiger partial charge on any atom is 0.333 e. The van der Waals surface area contributed by atoms with Gasteiger partial charge in [-0.1, -0.05) is 29.8 Å². The smallest absolute Gasteiger partial charge is 0.333 e. The number of nitrogens with one attached hydrogen (secondary N) is 2. The van der Waals surface area contributed by atoms with Gasteiger partial charge in [-0.25, -0.2) is 9.78 Å². The van der Waals surface area contributed by atoms with E-state index in [1.165, 1.54) is 10.6 Å². The first-order valence-corrected chi connectivity index (χ1v) is 7.68. The van der Waals surface area contributed by atoms with Crippen LogP contribution in [0, 0.1) is 0 Å². The zero-order valence-electron chi connectivity index (χ0n) is 13.3. The largest absolute Gasteiger partial charge is 0.476 e. The zero-order valence-corrected chi connectivity index (χ0v) is 14.9. The lowest BCUT2D eigenvalue weighted by molar-refractivity contribution is 0.310.